The molecule has 0 spiro atoms. The normalized spacial score (nSPS) is 11.7. The molecule has 114 valence electrons. The van der Waals surface area contributed by atoms with Gasteiger partial charge in [0.05, 0.1) is 6.26 Å². The molecule has 0 fully saturated rings. The van der Waals surface area contributed by atoms with Gasteiger partial charge in [0.1, 0.15) is 5.58 Å². The third-order valence-corrected chi connectivity index (χ3v) is 4.73. The minimum Gasteiger partial charge on any atom is -0.463 e. The summed E-state index contributed by atoms with van der Waals surface area (Å²) in [5, 5.41) is 7.50. The monoisotopic (exact) mass is 310 g/mol. The first-order valence-electron chi connectivity index (χ1n) is 7.99. The molecule has 0 radical (unpaired) electrons. The standard InChI is InChI=1S/C22H14O2/c1-13-6-7-14-12-24-22-18-9-8-15(23)11-20(18)16-4-2-3-5-17(16)21(22)19(14)10-13/h2-12H,1H3. The van der Waals surface area contributed by atoms with Gasteiger partial charge in [-0.25, -0.2) is 0 Å². The average Bonchev–Trinajstić information content (AvgIpc) is 2.61. The maximum absolute atomic E-state index is 11.9. The van der Waals surface area contributed by atoms with E-state index in [1.807, 2.05) is 18.2 Å². The van der Waals surface area contributed by atoms with Crippen LogP contribution in [0.1, 0.15) is 5.56 Å². The molecule has 0 aliphatic carbocycles. The summed E-state index contributed by atoms with van der Waals surface area (Å²) in [4.78, 5) is 11.9. The zero-order chi connectivity index (χ0) is 16.3. The van der Waals surface area contributed by atoms with E-state index < -0.39 is 0 Å². The topological polar surface area (TPSA) is 30.2 Å². The summed E-state index contributed by atoms with van der Waals surface area (Å²) in [6.45, 7) is 2.10. The number of rotatable bonds is 0. The van der Waals surface area contributed by atoms with E-state index in [4.69, 9.17) is 4.42 Å². The first-order chi connectivity index (χ1) is 11.7. The molecule has 2 nitrogen and oxygen atoms in total. The van der Waals surface area contributed by atoms with E-state index in [9.17, 15) is 4.79 Å². The van der Waals surface area contributed by atoms with Gasteiger partial charge >= 0.3 is 0 Å². The van der Waals surface area contributed by atoms with Crippen LogP contribution in [0.25, 0.3) is 43.3 Å². The van der Waals surface area contributed by atoms with Crippen molar-refractivity contribution in [3.63, 3.8) is 0 Å². The lowest BCUT2D eigenvalue weighted by atomic mass is 9.94. The quantitative estimate of drug-likeness (QED) is 0.350. The van der Waals surface area contributed by atoms with Gasteiger partial charge in [0.2, 0.25) is 0 Å². The second kappa shape index (κ2) is 4.68. The Hall–Kier alpha value is -3.13. The predicted octanol–water partition coefficient (Wildman–Crippen LogP) is 5.56. The molecule has 0 aliphatic rings. The van der Waals surface area contributed by atoms with Gasteiger partial charge in [-0.2, -0.15) is 0 Å². The molecular formula is C22H14O2. The maximum atomic E-state index is 11.9. The molecule has 0 N–H and O–H groups in total. The molecule has 1 heterocycles. The second-order valence-corrected chi connectivity index (χ2v) is 6.28. The highest BCUT2D eigenvalue weighted by molar-refractivity contribution is 6.29. The lowest BCUT2D eigenvalue weighted by Crippen LogP contribution is -1.95. The SMILES string of the molecule is Cc1ccc2coc3c4ccc(=O)cc4c4ccccc4c3c2c1. The molecule has 2 heteroatoms. The van der Waals surface area contributed by atoms with E-state index in [1.165, 1.54) is 10.9 Å². The van der Waals surface area contributed by atoms with Crippen LogP contribution in [0.3, 0.4) is 0 Å². The van der Waals surface area contributed by atoms with Crippen molar-refractivity contribution in [2.75, 3.05) is 0 Å². The van der Waals surface area contributed by atoms with Crippen LogP contribution in [0.2, 0.25) is 0 Å². The van der Waals surface area contributed by atoms with E-state index in [0.29, 0.717) is 0 Å². The van der Waals surface area contributed by atoms with E-state index in [1.54, 1.807) is 18.4 Å². The summed E-state index contributed by atoms with van der Waals surface area (Å²) in [6, 6.07) is 19.8. The average molecular weight is 310 g/mol. The number of hydrogen-bond acceptors (Lipinski definition) is 2. The number of benzene rings is 4. The third kappa shape index (κ3) is 1.74. The van der Waals surface area contributed by atoms with Crippen molar-refractivity contribution in [3.05, 3.63) is 82.7 Å². The van der Waals surface area contributed by atoms with Crippen molar-refractivity contribution < 1.29 is 4.42 Å². The van der Waals surface area contributed by atoms with Crippen molar-refractivity contribution in [3.8, 4) is 0 Å². The molecule has 0 bridgehead atoms. The first kappa shape index (κ1) is 13.3. The van der Waals surface area contributed by atoms with Crippen LogP contribution >= 0.6 is 0 Å². The molecule has 5 rings (SSSR count). The van der Waals surface area contributed by atoms with Gasteiger partial charge in [-0.15, -0.1) is 0 Å². The smallest absolute Gasteiger partial charge is 0.179 e. The minimum absolute atomic E-state index is 0.0173. The molecule has 4 aromatic carbocycles. The first-order valence-corrected chi connectivity index (χ1v) is 7.99. The van der Waals surface area contributed by atoms with Crippen molar-refractivity contribution in [2.45, 2.75) is 6.92 Å². The van der Waals surface area contributed by atoms with Crippen LogP contribution in [0.15, 0.2) is 76.1 Å². The Labute approximate surface area is 137 Å². The zero-order valence-electron chi connectivity index (χ0n) is 13.2. The molecule has 0 saturated carbocycles. The summed E-state index contributed by atoms with van der Waals surface area (Å²) >= 11 is 0. The van der Waals surface area contributed by atoms with E-state index in [-0.39, 0.29) is 5.43 Å². The van der Waals surface area contributed by atoms with Crippen molar-refractivity contribution >= 4 is 43.3 Å². The summed E-state index contributed by atoms with van der Waals surface area (Å²) in [5.41, 5.74) is 2.07. The Bertz CT molecular complexity index is 1310. The van der Waals surface area contributed by atoms with E-state index in [0.717, 1.165) is 37.9 Å². The van der Waals surface area contributed by atoms with Crippen LogP contribution in [-0.2, 0) is 0 Å². The fourth-order valence-electron chi connectivity index (χ4n) is 3.64. The van der Waals surface area contributed by atoms with Crippen LogP contribution in [0, 0.1) is 6.92 Å². The molecule has 0 unspecified atom stereocenters. The van der Waals surface area contributed by atoms with Gasteiger partial charge in [-0.3, -0.25) is 4.79 Å². The maximum Gasteiger partial charge on any atom is 0.179 e. The van der Waals surface area contributed by atoms with E-state index >= 15 is 0 Å². The Morgan fingerprint density at radius 1 is 0.750 bits per heavy atom. The molecule has 0 amide bonds. The highest BCUT2D eigenvalue weighted by Gasteiger charge is 2.13. The van der Waals surface area contributed by atoms with Crippen LogP contribution in [0.4, 0.5) is 0 Å². The van der Waals surface area contributed by atoms with Crippen LogP contribution < -0.4 is 5.43 Å². The Balaban J connectivity index is 2.21. The minimum atomic E-state index is 0.0173. The number of aryl methyl sites for hydroxylation is 1. The number of hydrogen-bond donors (Lipinski definition) is 0. The lowest BCUT2D eigenvalue weighted by Gasteiger charge is -2.11. The summed E-state index contributed by atoms with van der Waals surface area (Å²) < 4.78 is 6.02. The molecule has 0 atom stereocenters. The predicted molar refractivity (Wildman–Crippen MR) is 99.7 cm³/mol. The number of fused-ring (bicyclic) bond motifs is 8. The van der Waals surface area contributed by atoms with Crippen LogP contribution in [0.5, 0.6) is 0 Å². The Kier molecular flexibility index (Phi) is 2.60. The highest BCUT2D eigenvalue weighted by Crippen LogP contribution is 2.38. The zero-order valence-corrected chi connectivity index (χ0v) is 13.2. The molecular weight excluding hydrogens is 296 g/mol. The van der Waals surface area contributed by atoms with Gasteiger partial charge in [-0.1, -0.05) is 48.0 Å². The molecule has 0 saturated heterocycles. The Morgan fingerprint density at radius 2 is 1.58 bits per heavy atom. The van der Waals surface area contributed by atoms with Crippen LogP contribution in [-0.4, -0.2) is 0 Å². The second-order valence-electron chi connectivity index (χ2n) is 6.28. The van der Waals surface area contributed by atoms with Gasteiger partial charge in [0.25, 0.3) is 0 Å². The van der Waals surface area contributed by atoms with Crippen molar-refractivity contribution in [1.29, 1.82) is 0 Å². The Morgan fingerprint density at radius 3 is 2.46 bits per heavy atom. The van der Waals surface area contributed by atoms with Gasteiger partial charge in [-0.05, 0) is 46.7 Å². The van der Waals surface area contributed by atoms with Gasteiger partial charge in [0.15, 0.2) is 5.43 Å². The molecule has 24 heavy (non-hydrogen) atoms. The molecule has 5 aromatic rings. The van der Waals surface area contributed by atoms with Crippen molar-refractivity contribution in [1.82, 2.24) is 0 Å². The fraction of sp³-hybridized carbons (Fsp3) is 0.0455. The summed E-state index contributed by atoms with van der Waals surface area (Å²) in [7, 11) is 0. The summed E-state index contributed by atoms with van der Waals surface area (Å²) in [6.07, 6.45) is 1.80. The van der Waals surface area contributed by atoms with Gasteiger partial charge < -0.3 is 4.42 Å². The molecule has 1 aromatic heterocycles. The summed E-state index contributed by atoms with van der Waals surface area (Å²) in [5.74, 6) is 0. The third-order valence-electron chi connectivity index (χ3n) is 4.73. The fourth-order valence-corrected chi connectivity index (χ4v) is 3.64. The highest BCUT2D eigenvalue weighted by atomic mass is 16.3. The largest absolute Gasteiger partial charge is 0.463 e. The van der Waals surface area contributed by atoms with Crippen molar-refractivity contribution in [2.24, 2.45) is 0 Å². The molecule has 0 aliphatic heterocycles. The van der Waals surface area contributed by atoms with Gasteiger partial charge in [0, 0.05) is 16.2 Å². The van der Waals surface area contributed by atoms with E-state index in [2.05, 4.69) is 37.3 Å². The lowest BCUT2D eigenvalue weighted by molar-refractivity contribution is 0.614.